The van der Waals surface area contributed by atoms with Gasteiger partial charge in [-0.05, 0) is 22.0 Å². The molecule has 1 rings (SSSR count). The highest BCUT2D eigenvalue weighted by Gasteiger charge is 2.13. The van der Waals surface area contributed by atoms with Crippen molar-refractivity contribution in [2.75, 3.05) is 0 Å². The van der Waals surface area contributed by atoms with Gasteiger partial charge in [-0.15, -0.1) is 0 Å². The van der Waals surface area contributed by atoms with Gasteiger partial charge in [-0.2, -0.15) is 0 Å². The summed E-state index contributed by atoms with van der Waals surface area (Å²) in [5.74, 6) is -0.140. The van der Waals surface area contributed by atoms with Gasteiger partial charge in [0.2, 0.25) is 0 Å². The van der Waals surface area contributed by atoms with Crippen LogP contribution in [0.3, 0.4) is 0 Å². The molecule has 0 bridgehead atoms. The van der Waals surface area contributed by atoms with Crippen LogP contribution in [0.25, 0.3) is 0 Å². The smallest absolute Gasteiger partial charge is 0.278 e. The largest absolute Gasteiger partial charge is 0.505 e. The highest BCUT2D eigenvalue weighted by atomic mass is 79.9. The van der Waals surface area contributed by atoms with Crippen molar-refractivity contribution in [3.63, 3.8) is 0 Å². The maximum Gasteiger partial charge on any atom is 0.278 e. The van der Waals surface area contributed by atoms with E-state index in [1.54, 1.807) is 0 Å². The van der Waals surface area contributed by atoms with E-state index in [4.69, 9.17) is 15.8 Å². The van der Waals surface area contributed by atoms with Crippen LogP contribution in [0.15, 0.2) is 21.8 Å². The number of aromatic hydroxyl groups is 1. The Balaban J connectivity index is 3.33. The van der Waals surface area contributed by atoms with E-state index in [0.29, 0.717) is 0 Å². The van der Waals surface area contributed by atoms with Crippen LogP contribution in [0.5, 0.6) is 5.75 Å². The molecule has 0 saturated carbocycles. The lowest BCUT2D eigenvalue weighted by Crippen LogP contribution is -1.93. The summed E-state index contributed by atoms with van der Waals surface area (Å²) >= 11 is 2.93. The van der Waals surface area contributed by atoms with E-state index in [1.807, 2.05) is 0 Å². The Kier molecular flexibility index (Phi) is 2.60. The summed E-state index contributed by atoms with van der Waals surface area (Å²) in [6.45, 7) is 0. The molecule has 0 amide bonds. The third kappa shape index (κ3) is 2.09. The molecule has 0 aromatic carbocycles. The van der Waals surface area contributed by atoms with E-state index < -0.39 is 9.05 Å². The Hall–Kier alpha value is -0.330. The molecule has 0 aliphatic heterocycles. The molecule has 1 aromatic heterocycles. The molecule has 66 valence electrons. The predicted molar refractivity (Wildman–Crippen MR) is 46.6 cm³/mol. The van der Waals surface area contributed by atoms with Crippen molar-refractivity contribution >= 4 is 35.7 Å². The molecule has 0 atom stereocenters. The lowest BCUT2D eigenvalue weighted by atomic mass is 10.5. The lowest BCUT2D eigenvalue weighted by molar-refractivity contribution is 0.467. The average Bonchev–Trinajstić information content (AvgIpc) is 1.92. The first kappa shape index (κ1) is 9.76. The summed E-state index contributed by atoms with van der Waals surface area (Å²) in [6.07, 6.45) is 0.999. The number of hydrogen-bond donors (Lipinski definition) is 1. The molecule has 0 saturated heterocycles. The topological polar surface area (TPSA) is 67.3 Å². The molecule has 12 heavy (non-hydrogen) atoms. The van der Waals surface area contributed by atoms with Gasteiger partial charge in [0.25, 0.3) is 9.05 Å². The summed E-state index contributed by atoms with van der Waals surface area (Å²) in [7, 11) is 1.17. The fourth-order valence-corrected chi connectivity index (χ4v) is 1.70. The van der Waals surface area contributed by atoms with Crippen molar-refractivity contribution < 1.29 is 13.5 Å². The van der Waals surface area contributed by atoms with E-state index >= 15 is 0 Å². The monoisotopic (exact) mass is 271 g/mol. The Morgan fingerprint density at radius 3 is 2.58 bits per heavy atom. The summed E-state index contributed by atoms with van der Waals surface area (Å²) in [5, 5.41) is 8.66. The van der Waals surface area contributed by atoms with Gasteiger partial charge in [0.05, 0.1) is 10.7 Å². The standard InChI is InChI=1S/C5H3BrClNO3S/c6-3-1-5(12(7,10)11)8-2-4(3)9/h1-2,9H. The summed E-state index contributed by atoms with van der Waals surface area (Å²) in [5.41, 5.74) is 0. The quantitative estimate of drug-likeness (QED) is 0.786. The molecule has 0 unspecified atom stereocenters. The molecule has 1 N–H and O–H groups in total. The Bertz CT molecular complexity index is 405. The zero-order valence-electron chi connectivity index (χ0n) is 5.53. The van der Waals surface area contributed by atoms with Crippen molar-refractivity contribution in [3.05, 3.63) is 16.7 Å². The van der Waals surface area contributed by atoms with Gasteiger partial charge in [-0.3, -0.25) is 0 Å². The molecule has 1 aromatic rings. The second-order valence-electron chi connectivity index (χ2n) is 1.91. The van der Waals surface area contributed by atoms with Gasteiger partial charge < -0.3 is 5.11 Å². The highest BCUT2D eigenvalue weighted by molar-refractivity contribution is 9.10. The normalized spacial score (nSPS) is 11.5. The molecule has 4 nitrogen and oxygen atoms in total. The molecular formula is C5H3BrClNO3S. The second kappa shape index (κ2) is 3.20. The molecule has 0 fully saturated rings. The van der Waals surface area contributed by atoms with Crippen LogP contribution in [-0.2, 0) is 9.05 Å². The maximum absolute atomic E-state index is 10.7. The van der Waals surface area contributed by atoms with Crippen molar-refractivity contribution in [3.8, 4) is 5.75 Å². The zero-order valence-corrected chi connectivity index (χ0v) is 8.69. The van der Waals surface area contributed by atoms with Gasteiger partial charge in [0.15, 0.2) is 5.03 Å². The molecule has 0 aliphatic carbocycles. The van der Waals surface area contributed by atoms with Crippen molar-refractivity contribution in [2.24, 2.45) is 0 Å². The molecule has 0 spiro atoms. The van der Waals surface area contributed by atoms with E-state index in [9.17, 15) is 8.42 Å². The Morgan fingerprint density at radius 1 is 1.58 bits per heavy atom. The van der Waals surface area contributed by atoms with E-state index in [-0.39, 0.29) is 15.2 Å². The van der Waals surface area contributed by atoms with Gasteiger partial charge in [0.1, 0.15) is 5.75 Å². The van der Waals surface area contributed by atoms with Gasteiger partial charge in [-0.25, -0.2) is 13.4 Å². The minimum absolute atomic E-state index is 0.140. The van der Waals surface area contributed by atoms with E-state index in [1.165, 1.54) is 0 Å². The number of halogens is 2. The van der Waals surface area contributed by atoms with Crippen molar-refractivity contribution in [2.45, 2.75) is 5.03 Å². The SMILES string of the molecule is O=S(=O)(Cl)c1cc(Br)c(O)cn1. The minimum atomic E-state index is -3.82. The Morgan fingerprint density at radius 2 is 2.17 bits per heavy atom. The molecule has 0 radical (unpaired) electrons. The number of aromatic nitrogens is 1. The van der Waals surface area contributed by atoms with Crippen LogP contribution < -0.4 is 0 Å². The average molecular weight is 273 g/mol. The highest BCUT2D eigenvalue weighted by Crippen LogP contribution is 2.25. The third-order valence-electron chi connectivity index (χ3n) is 1.06. The minimum Gasteiger partial charge on any atom is -0.505 e. The van der Waals surface area contributed by atoms with E-state index in [2.05, 4.69) is 20.9 Å². The predicted octanol–water partition coefficient (Wildman–Crippen LogP) is 1.48. The molecular weight excluding hydrogens is 269 g/mol. The third-order valence-corrected chi connectivity index (χ3v) is 2.89. The molecule has 7 heteroatoms. The number of pyridine rings is 1. The number of hydrogen-bond acceptors (Lipinski definition) is 4. The summed E-state index contributed by atoms with van der Waals surface area (Å²) in [6, 6.07) is 1.12. The fourth-order valence-electron chi connectivity index (χ4n) is 0.539. The van der Waals surface area contributed by atoms with Gasteiger partial charge >= 0.3 is 0 Å². The second-order valence-corrected chi connectivity index (χ2v) is 5.28. The van der Waals surface area contributed by atoms with Crippen molar-refractivity contribution in [1.29, 1.82) is 0 Å². The molecule has 1 heterocycles. The van der Waals surface area contributed by atoms with Gasteiger partial charge in [-0.1, -0.05) is 0 Å². The molecule has 0 aliphatic rings. The van der Waals surface area contributed by atoms with Crippen LogP contribution in [0, 0.1) is 0 Å². The van der Waals surface area contributed by atoms with E-state index in [0.717, 1.165) is 12.3 Å². The number of nitrogens with zero attached hydrogens (tertiary/aromatic N) is 1. The van der Waals surface area contributed by atoms with Crippen LogP contribution in [-0.4, -0.2) is 18.5 Å². The lowest BCUT2D eigenvalue weighted by Gasteiger charge is -1.97. The first-order valence-electron chi connectivity index (χ1n) is 2.70. The number of rotatable bonds is 1. The van der Waals surface area contributed by atoms with Crippen LogP contribution in [0.4, 0.5) is 0 Å². The Labute approximate surface area is 81.7 Å². The first-order chi connectivity index (χ1) is 5.41. The van der Waals surface area contributed by atoms with Crippen LogP contribution >= 0.6 is 26.6 Å². The zero-order chi connectivity index (χ0) is 9.35. The van der Waals surface area contributed by atoms with Crippen LogP contribution in [0.2, 0.25) is 0 Å². The van der Waals surface area contributed by atoms with Gasteiger partial charge in [0, 0.05) is 10.7 Å². The fraction of sp³-hybridized carbons (Fsp3) is 0. The summed E-state index contributed by atoms with van der Waals surface area (Å²) < 4.78 is 21.6. The summed E-state index contributed by atoms with van der Waals surface area (Å²) in [4.78, 5) is 3.41. The van der Waals surface area contributed by atoms with Crippen molar-refractivity contribution in [1.82, 2.24) is 4.98 Å². The first-order valence-corrected chi connectivity index (χ1v) is 5.80. The van der Waals surface area contributed by atoms with Crippen LogP contribution in [0.1, 0.15) is 0 Å². The maximum atomic E-state index is 10.7.